The van der Waals surface area contributed by atoms with Crippen LogP contribution in [0.1, 0.15) is 68.0 Å². The van der Waals surface area contributed by atoms with Gasteiger partial charge in [0.25, 0.3) is 0 Å². The van der Waals surface area contributed by atoms with Crippen molar-refractivity contribution in [2.24, 2.45) is 0 Å². The standard InChI is InChI=1S/C23H30ClN3O7/c1-23(2,3)34-22(30)27-17(19-26-18(14-32-19)20(28)31-4)11-7-8-12-25-21(29)33-13-15-9-5-6-10-16(15)24/h5-6,9-10,14,17H,7-8,11-13H2,1-4H3,(H,25,29)(H,27,30). The van der Waals surface area contributed by atoms with E-state index in [-0.39, 0.29) is 18.2 Å². The number of nitrogens with zero attached hydrogens (tertiary/aromatic N) is 1. The van der Waals surface area contributed by atoms with Crippen molar-refractivity contribution in [2.45, 2.75) is 58.3 Å². The second kappa shape index (κ2) is 12.8. The van der Waals surface area contributed by atoms with Gasteiger partial charge in [-0.05, 0) is 46.1 Å². The Hall–Kier alpha value is -3.27. The second-order valence-corrected chi connectivity index (χ2v) is 8.76. The maximum atomic E-state index is 12.3. The number of aromatic nitrogens is 1. The fourth-order valence-electron chi connectivity index (χ4n) is 2.83. The van der Waals surface area contributed by atoms with Crippen LogP contribution in [0.3, 0.4) is 0 Å². The third kappa shape index (κ3) is 9.30. The lowest BCUT2D eigenvalue weighted by Crippen LogP contribution is -2.35. The highest BCUT2D eigenvalue weighted by Crippen LogP contribution is 2.21. The van der Waals surface area contributed by atoms with E-state index < -0.39 is 29.8 Å². The van der Waals surface area contributed by atoms with Gasteiger partial charge in [-0.25, -0.2) is 19.4 Å². The molecule has 2 amide bonds. The van der Waals surface area contributed by atoms with Crippen molar-refractivity contribution in [3.8, 4) is 0 Å². The molecule has 0 fully saturated rings. The van der Waals surface area contributed by atoms with Gasteiger partial charge in [0.15, 0.2) is 5.69 Å². The summed E-state index contributed by atoms with van der Waals surface area (Å²) in [5.41, 5.74) is 0.0282. The number of oxazole rings is 1. The summed E-state index contributed by atoms with van der Waals surface area (Å²) in [5, 5.41) is 5.91. The number of alkyl carbamates (subject to hydrolysis) is 2. The van der Waals surface area contributed by atoms with E-state index in [9.17, 15) is 14.4 Å². The van der Waals surface area contributed by atoms with Crippen LogP contribution in [0.4, 0.5) is 9.59 Å². The van der Waals surface area contributed by atoms with Crippen LogP contribution in [-0.4, -0.2) is 42.4 Å². The molecule has 1 aromatic heterocycles. The summed E-state index contributed by atoms with van der Waals surface area (Å²) in [6, 6.07) is 6.47. The lowest BCUT2D eigenvalue weighted by molar-refractivity contribution is 0.0491. The Morgan fingerprint density at radius 3 is 2.56 bits per heavy atom. The number of amides is 2. The van der Waals surface area contributed by atoms with Crippen molar-refractivity contribution in [2.75, 3.05) is 13.7 Å². The van der Waals surface area contributed by atoms with Gasteiger partial charge < -0.3 is 29.3 Å². The van der Waals surface area contributed by atoms with Crippen LogP contribution in [0.25, 0.3) is 0 Å². The van der Waals surface area contributed by atoms with Gasteiger partial charge in [-0.2, -0.15) is 0 Å². The van der Waals surface area contributed by atoms with Crippen molar-refractivity contribution >= 4 is 29.8 Å². The topological polar surface area (TPSA) is 129 Å². The zero-order valence-corrected chi connectivity index (χ0v) is 20.4. The van der Waals surface area contributed by atoms with E-state index >= 15 is 0 Å². The molecule has 1 aromatic carbocycles. The van der Waals surface area contributed by atoms with Gasteiger partial charge in [-0.3, -0.25) is 0 Å². The Balaban J connectivity index is 1.83. The molecule has 2 aromatic rings. The van der Waals surface area contributed by atoms with Crippen molar-refractivity contribution in [1.82, 2.24) is 15.6 Å². The number of rotatable bonds is 10. The lowest BCUT2D eigenvalue weighted by Gasteiger charge is -2.22. The van der Waals surface area contributed by atoms with E-state index in [0.717, 1.165) is 0 Å². The van der Waals surface area contributed by atoms with Crippen molar-refractivity contribution < 1.29 is 33.0 Å². The largest absolute Gasteiger partial charge is 0.464 e. The van der Waals surface area contributed by atoms with Gasteiger partial charge in [0, 0.05) is 17.1 Å². The monoisotopic (exact) mass is 495 g/mol. The van der Waals surface area contributed by atoms with Crippen LogP contribution >= 0.6 is 11.6 Å². The summed E-state index contributed by atoms with van der Waals surface area (Å²) < 4.78 is 20.5. The van der Waals surface area contributed by atoms with Crippen LogP contribution in [0.2, 0.25) is 5.02 Å². The lowest BCUT2D eigenvalue weighted by atomic mass is 10.1. The molecule has 1 heterocycles. The number of halogens is 1. The maximum Gasteiger partial charge on any atom is 0.408 e. The smallest absolute Gasteiger partial charge is 0.408 e. The average Bonchev–Trinajstić information content (AvgIpc) is 3.26. The minimum Gasteiger partial charge on any atom is -0.464 e. The number of esters is 1. The summed E-state index contributed by atoms with van der Waals surface area (Å²) in [6.07, 6.45) is 1.59. The minimum absolute atomic E-state index is 0.00331. The van der Waals surface area contributed by atoms with Crippen molar-refractivity contribution in [1.29, 1.82) is 0 Å². The van der Waals surface area contributed by atoms with Crippen LogP contribution in [0, 0.1) is 0 Å². The van der Waals surface area contributed by atoms with Gasteiger partial charge in [0.2, 0.25) is 5.89 Å². The Bertz CT molecular complexity index is 971. The normalized spacial score (nSPS) is 11.9. The molecule has 0 aliphatic carbocycles. The first-order chi connectivity index (χ1) is 16.1. The summed E-state index contributed by atoms with van der Waals surface area (Å²) in [7, 11) is 1.24. The third-order valence-corrected chi connectivity index (χ3v) is 4.78. The fraction of sp³-hybridized carbons (Fsp3) is 0.478. The number of carbonyl (C=O) groups excluding carboxylic acids is 3. The number of hydrogen-bond donors (Lipinski definition) is 2. The number of ether oxygens (including phenoxy) is 3. The Morgan fingerprint density at radius 1 is 1.15 bits per heavy atom. The fourth-order valence-corrected chi connectivity index (χ4v) is 3.02. The Morgan fingerprint density at radius 2 is 1.88 bits per heavy atom. The van der Waals surface area contributed by atoms with Gasteiger partial charge in [-0.15, -0.1) is 0 Å². The highest BCUT2D eigenvalue weighted by molar-refractivity contribution is 6.31. The number of unbranched alkanes of at least 4 members (excludes halogenated alkanes) is 1. The molecule has 1 unspecified atom stereocenters. The molecule has 0 radical (unpaired) electrons. The molecule has 0 bridgehead atoms. The molecule has 0 spiro atoms. The van der Waals surface area contributed by atoms with E-state index in [4.69, 9.17) is 25.5 Å². The van der Waals surface area contributed by atoms with Crippen LogP contribution < -0.4 is 10.6 Å². The molecular weight excluding hydrogens is 466 g/mol. The van der Waals surface area contributed by atoms with Gasteiger partial charge in [0.1, 0.15) is 24.5 Å². The molecule has 186 valence electrons. The van der Waals surface area contributed by atoms with Crippen LogP contribution in [0.5, 0.6) is 0 Å². The molecule has 34 heavy (non-hydrogen) atoms. The molecular formula is C23H30ClN3O7. The maximum absolute atomic E-state index is 12.3. The summed E-state index contributed by atoms with van der Waals surface area (Å²) >= 11 is 6.04. The van der Waals surface area contributed by atoms with E-state index in [2.05, 4.69) is 20.4 Å². The molecule has 10 nitrogen and oxygen atoms in total. The van der Waals surface area contributed by atoms with Crippen LogP contribution in [0.15, 0.2) is 34.9 Å². The Labute approximate surface area is 203 Å². The molecule has 0 aliphatic heterocycles. The number of nitrogens with one attached hydrogen (secondary N) is 2. The highest BCUT2D eigenvalue weighted by Gasteiger charge is 2.25. The second-order valence-electron chi connectivity index (χ2n) is 8.35. The quantitative estimate of drug-likeness (QED) is 0.274. The summed E-state index contributed by atoms with van der Waals surface area (Å²) in [6.45, 7) is 5.68. The zero-order valence-electron chi connectivity index (χ0n) is 19.7. The SMILES string of the molecule is COC(=O)c1coc(C(CCCCNC(=O)OCc2ccccc2Cl)NC(=O)OC(C)(C)C)n1. The third-order valence-electron chi connectivity index (χ3n) is 4.41. The molecule has 0 saturated carbocycles. The average molecular weight is 496 g/mol. The molecule has 2 rings (SSSR count). The van der Waals surface area contributed by atoms with E-state index in [1.165, 1.54) is 13.4 Å². The first-order valence-corrected chi connectivity index (χ1v) is 11.1. The zero-order chi connectivity index (χ0) is 25.1. The number of hydrogen-bond acceptors (Lipinski definition) is 8. The van der Waals surface area contributed by atoms with Gasteiger partial charge >= 0.3 is 18.2 Å². The van der Waals surface area contributed by atoms with Crippen molar-refractivity contribution in [3.05, 3.63) is 52.7 Å². The van der Waals surface area contributed by atoms with E-state index in [1.54, 1.807) is 39.0 Å². The minimum atomic E-state index is -0.684. The molecule has 0 aliphatic rings. The predicted molar refractivity (Wildman–Crippen MR) is 123 cm³/mol. The number of carbonyl (C=O) groups is 3. The molecule has 1 atom stereocenters. The number of benzene rings is 1. The van der Waals surface area contributed by atoms with Crippen LogP contribution in [-0.2, 0) is 20.8 Å². The number of methoxy groups -OCH3 is 1. The Kier molecular flexibility index (Phi) is 10.2. The first-order valence-electron chi connectivity index (χ1n) is 10.8. The highest BCUT2D eigenvalue weighted by atomic mass is 35.5. The molecule has 2 N–H and O–H groups in total. The van der Waals surface area contributed by atoms with Gasteiger partial charge in [0.05, 0.1) is 7.11 Å². The summed E-state index contributed by atoms with van der Waals surface area (Å²) in [5.74, 6) is -0.496. The molecule has 11 heteroatoms. The first kappa shape index (κ1) is 27.0. The predicted octanol–water partition coefficient (Wildman–Crippen LogP) is 4.78. The van der Waals surface area contributed by atoms with Crippen molar-refractivity contribution in [3.63, 3.8) is 0 Å². The summed E-state index contributed by atoms with van der Waals surface area (Å²) in [4.78, 5) is 39.9. The molecule has 0 saturated heterocycles. The van der Waals surface area contributed by atoms with E-state index in [1.807, 2.05) is 6.07 Å². The van der Waals surface area contributed by atoms with E-state index in [0.29, 0.717) is 36.4 Å². The van der Waals surface area contributed by atoms with Gasteiger partial charge in [-0.1, -0.05) is 29.8 Å².